The summed E-state index contributed by atoms with van der Waals surface area (Å²) in [6.07, 6.45) is 1.85. The third-order valence-electron chi connectivity index (χ3n) is 3.43. The number of aliphatic carboxylic acids is 1. The van der Waals surface area contributed by atoms with E-state index in [4.69, 9.17) is 5.11 Å². The first kappa shape index (κ1) is 11.5. The van der Waals surface area contributed by atoms with Crippen LogP contribution >= 0.6 is 0 Å². The fourth-order valence-electron chi connectivity index (χ4n) is 1.61. The molecule has 3 atom stereocenters. The van der Waals surface area contributed by atoms with Gasteiger partial charge in [0.15, 0.2) is 0 Å². The van der Waals surface area contributed by atoms with Crippen molar-refractivity contribution in [3.05, 3.63) is 0 Å². The summed E-state index contributed by atoms with van der Waals surface area (Å²) >= 11 is 0. The van der Waals surface area contributed by atoms with Gasteiger partial charge in [-0.3, -0.25) is 4.79 Å². The minimum Gasteiger partial charge on any atom is -0.481 e. The molecule has 1 saturated carbocycles. The molecule has 82 valence electrons. The van der Waals surface area contributed by atoms with Gasteiger partial charge in [0.2, 0.25) is 0 Å². The topological polar surface area (TPSA) is 49.3 Å². The van der Waals surface area contributed by atoms with Gasteiger partial charge in [-0.15, -0.1) is 0 Å². The van der Waals surface area contributed by atoms with Crippen LogP contribution in [0.4, 0.5) is 0 Å². The van der Waals surface area contributed by atoms with E-state index in [9.17, 15) is 4.79 Å². The molecule has 0 saturated heterocycles. The second-order valence-corrected chi connectivity index (χ2v) is 4.76. The zero-order valence-electron chi connectivity index (χ0n) is 9.29. The average molecular weight is 199 g/mol. The number of carbonyl (C=O) groups is 1. The quantitative estimate of drug-likeness (QED) is 0.709. The molecule has 14 heavy (non-hydrogen) atoms. The fourth-order valence-corrected chi connectivity index (χ4v) is 1.61. The molecule has 1 fully saturated rings. The van der Waals surface area contributed by atoms with Crippen LogP contribution in [-0.4, -0.2) is 23.7 Å². The molecule has 0 radical (unpaired) electrons. The molecular formula is C11H21NO2. The third kappa shape index (κ3) is 2.71. The van der Waals surface area contributed by atoms with Crippen molar-refractivity contribution in [2.75, 3.05) is 6.54 Å². The molecule has 0 spiro atoms. The summed E-state index contributed by atoms with van der Waals surface area (Å²) in [6.45, 7) is 7.53. The number of carboxylic acid groups (broad SMARTS) is 1. The summed E-state index contributed by atoms with van der Waals surface area (Å²) in [6, 6.07) is 0.216. The van der Waals surface area contributed by atoms with E-state index < -0.39 is 5.97 Å². The summed E-state index contributed by atoms with van der Waals surface area (Å²) in [5.41, 5.74) is 0. The Morgan fingerprint density at radius 3 is 2.43 bits per heavy atom. The Morgan fingerprint density at radius 2 is 2.07 bits per heavy atom. The fraction of sp³-hybridized carbons (Fsp3) is 0.909. The van der Waals surface area contributed by atoms with Gasteiger partial charge in [0.25, 0.3) is 0 Å². The van der Waals surface area contributed by atoms with Crippen molar-refractivity contribution in [1.82, 2.24) is 5.32 Å². The molecule has 0 aromatic rings. The van der Waals surface area contributed by atoms with Crippen molar-refractivity contribution in [3.8, 4) is 0 Å². The van der Waals surface area contributed by atoms with Gasteiger partial charge in [0, 0.05) is 6.04 Å². The van der Waals surface area contributed by atoms with Crippen molar-refractivity contribution < 1.29 is 9.90 Å². The van der Waals surface area contributed by atoms with Crippen LogP contribution in [-0.2, 0) is 4.79 Å². The maximum absolute atomic E-state index is 10.7. The van der Waals surface area contributed by atoms with Crippen LogP contribution in [0, 0.1) is 17.8 Å². The first-order valence-corrected chi connectivity index (χ1v) is 5.48. The van der Waals surface area contributed by atoms with Gasteiger partial charge in [-0.05, 0) is 31.2 Å². The smallest absolute Gasteiger partial charge is 0.308 e. The number of carboxylic acids is 1. The van der Waals surface area contributed by atoms with E-state index in [-0.39, 0.29) is 12.0 Å². The monoisotopic (exact) mass is 199 g/mol. The molecule has 1 rings (SSSR count). The first-order chi connectivity index (χ1) is 6.52. The lowest BCUT2D eigenvalue weighted by molar-refractivity contribution is -0.146. The van der Waals surface area contributed by atoms with Gasteiger partial charge in [0.1, 0.15) is 0 Å². The van der Waals surface area contributed by atoms with Crippen LogP contribution < -0.4 is 5.32 Å². The van der Waals surface area contributed by atoms with E-state index in [1.165, 1.54) is 0 Å². The van der Waals surface area contributed by atoms with E-state index >= 15 is 0 Å². The van der Waals surface area contributed by atoms with Gasteiger partial charge >= 0.3 is 5.97 Å². The van der Waals surface area contributed by atoms with Gasteiger partial charge in [-0.25, -0.2) is 0 Å². The normalized spacial score (nSPS) is 28.6. The Hall–Kier alpha value is -0.570. The molecule has 2 N–H and O–H groups in total. The van der Waals surface area contributed by atoms with Gasteiger partial charge in [0.05, 0.1) is 5.92 Å². The molecule has 1 aliphatic rings. The molecule has 1 aliphatic carbocycles. The van der Waals surface area contributed by atoms with Crippen LogP contribution in [0.5, 0.6) is 0 Å². The Kier molecular flexibility index (Phi) is 3.93. The van der Waals surface area contributed by atoms with Gasteiger partial charge < -0.3 is 10.4 Å². The van der Waals surface area contributed by atoms with E-state index in [2.05, 4.69) is 26.1 Å². The standard InChI is InChI=1S/C11H21NO2/c1-7(2)8(3)6-12-10-5-4-9(10)11(13)14/h7-10,12H,4-6H2,1-3H3,(H,13,14). The highest BCUT2D eigenvalue weighted by atomic mass is 16.4. The largest absolute Gasteiger partial charge is 0.481 e. The van der Waals surface area contributed by atoms with Crippen molar-refractivity contribution >= 4 is 5.97 Å². The second kappa shape index (κ2) is 4.78. The minimum atomic E-state index is -0.647. The highest BCUT2D eigenvalue weighted by Crippen LogP contribution is 2.27. The van der Waals surface area contributed by atoms with Crippen molar-refractivity contribution in [3.63, 3.8) is 0 Å². The number of nitrogens with one attached hydrogen (secondary N) is 1. The lowest BCUT2D eigenvalue weighted by Gasteiger charge is -2.35. The van der Waals surface area contributed by atoms with Gasteiger partial charge in [-0.1, -0.05) is 20.8 Å². The Morgan fingerprint density at radius 1 is 1.43 bits per heavy atom. The highest BCUT2D eigenvalue weighted by Gasteiger charge is 2.36. The number of rotatable bonds is 5. The molecule has 3 heteroatoms. The van der Waals surface area contributed by atoms with Gasteiger partial charge in [-0.2, -0.15) is 0 Å². The Bertz CT molecular complexity index is 203. The average Bonchev–Trinajstić information content (AvgIpc) is 2.00. The van der Waals surface area contributed by atoms with Crippen LogP contribution in [0.3, 0.4) is 0 Å². The summed E-state index contributed by atoms with van der Waals surface area (Å²) in [5.74, 6) is 0.483. The van der Waals surface area contributed by atoms with Crippen LogP contribution in [0.2, 0.25) is 0 Å². The van der Waals surface area contributed by atoms with Crippen molar-refractivity contribution in [2.45, 2.75) is 39.7 Å². The van der Waals surface area contributed by atoms with E-state index in [0.717, 1.165) is 19.4 Å². The maximum atomic E-state index is 10.7. The summed E-state index contributed by atoms with van der Waals surface area (Å²) < 4.78 is 0. The van der Waals surface area contributed by atoms with E-state index in [1.807, 2.05) is 0 Å². The molecule has 0 amide bonds. The van der Waals surface area contributed by atoms with Crippen molar-refractivity contribution in [2.24, 2.45) is 17.8 Å². The zero-order chi connectivity index (χ0) is 10.7. The second-order valence-electron chi connectivity index (χ2n) is 4.76. The SMILES string of the molecule is CC(C)C(C)CNC1CCC1C(=O)O. The summed E-state index contributed by atoms with van der Waals surface area (Å²) in [5, 5.41) is 12.2. The van der Waals surface area contributed by atoms with Crippen LogP contribution in [0.15, 0.2) is 0 Å². The molecule has 0 bridgehead atoms. The third-order valence-corrected chi connectivity index (χ3v) is 3.43. The highest BCUT2D eigenvalue weighted by molar-refractivity contribution is 5.72. The minimum absolute atomic E-state index is 0.144. The van der Waals surface area contributed by atoms with Crippen LogP contribution in [0.25, 0.3) is 0 Å². The molecule has 0 heterocycles. The molecule has 3 nitrogen and oxygen atoms in total. The maximum Gasteiger partial charge on any atom is 0.308 e. The predicted octanol–water partition coefficient (Wildman–Crippen LogP) is 1.73. The van der Waals surface area contributed by atoms with E-state index in [1.54, 1.807) is 0 Å². The Balaban J connectivity index is 2.22. The van der Waals surface area contributed by atoms with E-state index in [0.29, 0.717) is 11.8 Å². The summed E-state index contributed by atoms with van der Waals surface area (Å²) in [4.78, 5) is 10.7. The predicted molar refractivity (Wildman–Crippen MR) is 56.2 cm³/mol. The number of hydrogen-bond acceptors (Lipinski definition) is 2. The first-order valence-electron chi connectivity index (χ1n) is 5.48. The van der Waals surface area contributed by atoms with Crippen LogP contribution in [0.1, 0.15) is 33.6 Å². The lowest BCUT2D eigenvalue weighted by atomic mass is 9.79. The van der Waals surface area contributed by atoms with Crippen molar-refractivity contribution in [1.29, 1.82) is 0 Å². The lowest BCUT2D eigenvalue weighted by Crippen LogP contribution is -2.49. The molecule has 0 aromatic heterocycles. The molecule has 0 aliphatic heterocycles. The number of hydrogen-bond donors (Lipinski definition) is 2. The zero-order valence-corrected chi connectivity index (χ0v) is 9.29. The molecular weight excluding hydrogens is 178 g/mol. The molecule has 3 unspecified atom stereocenters. The summed E-state index contributed by atoms with van der Waals surface area (Å²) in [7, 11) is 0. The Labute approximate surface area is 85.9 Å². The molecule has 0 aromatic carbocycles.